The highest BCUT2D eigenvalue weighted by atomic mass is 35.5. The monoisotopic (exact) mass is 216 g/mol. The maximum atomic E-state index is 5.92. The number of rotatable bonds is 1. The van der Waals surface area contributed by atoms with Gasteiger partial charge in [0, 0.05) is 7.05 Å². The first-order chi connectivity index (χ1) is 6.77. The lowest BCUT2D eigenvalue weighted by Gasteiger charge is -2.25. The van der Waals surface area contributed by atoms with Crippen LogP contribution in [0.4, 0.5) is 0 Å². The van der Waals surface area contributed by atoms with Gasteiger partial charge in [0.1, 0.15) is 6.67 Å². The molecule has 0 amide bonds. The Balaban J connectivity index is 1.94. The van der Waals surface area contributed by atoms with Gasteiger partial charge in [-0.15, -0.1) is 5.10 Å². The topological polar surface area (TPSA) is 30.9 Å². The molecule has 2 rings (SSSR count). The molecule has 5 heteroatoms. The van der Waals surface area contributed by atoms with Crippen LogP contribution >= 0.6 is 11.6 Å². The normalized spacial score (nSPS) is 29.0. The summed E-state index contributed by atoms with van der Waals surface area (Å²) in [6.07, 6.45) is 5.42. The van der Waals surface area contributed by atoms with Crippen molar-refractivity contribution >= 4 is 16.9 Å². The third-order valence-electron chi connectivity index (χ3n) is 2.78. The van der Waals surface area contributed by atoms with Gasteiger partial charge < -0.3 is 4.90 Å². The third kappa shape index (κ3) is 2.12. The molecule has 0 saturated carbocycles. The van der Waals surface area contributed by atoms with Gasteiger partial charge in [-0.2, -0.15) is 0 Å². The molecule has 0 aliphatic carbocycles. The van der Waals surface area contributed by atoms with Crippen LogP contribution in [0.3, 0.4) is 0 Å². The summed E-state index contributed by atoms with van der Waals surface area (Å²) in [5.74, 6) is 0. The Hall–Kier alpha value is -0.480. The molecule has 1 fully saturated rings. The van der Waals surface area contributed by atoms with E-state index in [4.69, 9.17) is 11.6 Å². The predicted octanol–water partition coefficient (Wildman–Crippen LogP) is 1.19. The molecule has 0 aromatic rings. The van der Waals surface area contributed by atoms with Gasteiger partial charge >= 0.3 is 0 Å². The van der Waals surface area contributed by atoms with Crippen molar-refractivity contribution in [2.24, 2.45) is 5.10 Å². The van der Waals surface area contributed by atoms with E-state index < -0.39 is 0 Å². The number of amidine groups is 1. The molecule has 14 heavy (non-hydrogen) atoms. The van der Waals surface area contributed by atoms with Crippen LogP contribution < -0.4 is 5.32 Å². The fourth-order valence-corrected chi connectivity index (χ4v) is 2.07. The van der Waals surface area contributed by atoms with Crippen LogP contribution in [0.5, 0.6) is 0 Å². The number of nitrogens with zero attached hydrogens (tertiary/aromatic N) is 3. The summed E-state index contributed by atoms with van der Waals surface area (Å²) >= 11 is 5.92. The van der Waals surface area contributed by atoms with Gasteiger partial charge in [-0.3, -0.25) is 10.3 Å². The average Bonchev–Trinajstić information content (AvgIpc) is 2.46. The standard InChI is InChI=1S/C9H17ClN4/c1-13-7-14(12-9(13)10)8-5-3-2-4-6-11-8/h8,11H,2-7H2,1H3. The molecule has 0 aromatic heterocycles. The van der Waals surface area contributed by atoms with Crippen LogP contribution in [-0.4, -0.2) is 41.6 Å². The van der Waals surface area contributed by atoms with Crippen molar-refractivity contribution in [3.8, 4) is 0 Å². The summed E-state index contributed by atoms with van der Waals surface area (Å²) < 4.78 is 0. The Morgan fingerprint density at radius 3 is 3.00 bits per heavy atom. The summed E-state index contributed by atoms with van der Waals surface area (Å²) in [4.78, 5) is 1.95. The third-order valence-corrected chi connectivity index (χ3v) is 3.14. The molecule has 2 aliphatic heterocycles. The first kappa shape index (κ1) is 10.1. The Bertz CT molecular complexity index is 223. The molecule has 4 nitrogen and oxygen atoms in total. The summed E-state index contributed by atoms with van der Waals surface area (Å²) in [5, 5.41) is 10.5. The van der Waals surface area contributed by atoms with Gasteiger partial charge in [0.05, 0.1) is 6.17 Å². The molecule has 2 aliphatic rings. The number of hydrazone groups is 1. The Kier molecular flexibility index (Phi) is 3.13. The van der Waals surface area contributed by atoms with Crippen LogP contribution in [0, 0.1) is 0 Å². The Labute approximate surface area is 89.9 Å². The summed E-state index contributed by atoms with van der Waals surface area (Å²) in [6, 6.07) is 0. The van der Waals surface area contributed by atoms with E-state index in [1.165, 1.54) is 25.7 Å². The zero-order chi connectivity index (χ0) is 9.97. The van der Waals surface area contributed by atoms with Crippen LogP contribution in [0.15, 0.2) is 5.10 Å². The van der Waals surface area contributed by atoms with E-state index in [9.17, 15) is 0 Å². The largest absolute Gasteiger partial charge is 0.329 e. The van der Waals surface area contributed by atoms with Crippen molar-refractivity contribution < 1.29 is 0 Å². The minimum atomic E-state index is 0.371. The summed E-state index contributed by atoms with van der Waals surface area (Å²) in [7, 11) is 1.96. The summed E-state index contributed by atoms with van der Waals surface area (Å²) in [5.41, 5.74) is 0. The molecule has 2 heterocycles. The van der Waals surface area contributed by atoms with Crippen LogP contribution in [0.2, 0.25) is 0 Å². The van der Waals surface area contributed by atoms with Gasteiger partial charge in [-0.25, -0.2) is 0 Å². The lowest BCUT2D eigenvalue weighted by atomic mass is 10.2. The van der Waals surface area contributed by atoms with Crippen molar-refractivity contribution in [1.29, 1.82) is 0 Å². The molecule has 0 aromatic carbocycles. The highest BCUT2D eigenvalue weighted by molar-refractivity contribution is 6.64. The molecular formula is C9H17ClN4. The van der Waals surface area contributed by atoms with Crippen molar-refractivity contribution in [3.05, 3.63) is 0 Å². The molecule has 0 radical (unpaired) electrons. The second kappa shape index (κ2) is 4.36. The molecule has 1 atom stereocenters. The van der Waals surface area contributed by atoms with Crippen LogP contribution in [0.1, 0.15) is 25.7 Å². The second-order valence-corrected chi connectivity index (χ2v) is 4.31. The molecule has 0 bridgehead atoms. The maximum Gasteiger partial charge on any atom is 0.218 e. The Morgan fingerprint density at radius 1 is 1.43 bits per heavy atom. The van der Waals surface area contributed by atoms with Gasteiger partial charge in [0.15, 0.2) is 0 Å². The fourth-order valence-electron chi connectivity index (χ4n) is 1.92. The van der Waals surface area contributed by atoms with E-state index in [0.717, 1.165) is 13.2 Å². The predicted molar refractivity (Wildman–Crippen MR) is 58.0 cm³/mol. The van der Waals surface area contributed by atoms with Crippen LogP contribution in [0.25, 0.3) is 0 Å². The average molecular weight is 217 g/mol. The van der Waals surface area contributed by atoms with E-state index in [1.54, 1.807) is 0 Å². The number of hydrogen-bond donors (Lipinski definition) is 1. The molecule has 1 unspecified atom stereocenters. The van der Waals surface area contributed by atoms with Gasteiger partial charge in [0.25, 0.3) is 0 Å². The van der Waals surface area contributed by atoms with E-state index >= 15 is 0 Å². The smallest absolute Gasteiger partial charge is 0.218 e. The lowest BCUT2D eigenvalue weighted by molar-refractivity contribution is 0.150. The zero-order valence-electron chi connectivity index (χ0n) is 8.54. The summed E-state index contributed by atoms with van der Waals surface area (Å²) in [6.45, 7) is 1.90. The highest BCUT2D eigenvalue weighted by Gasteiger charge is 2.25. The molecule has 1 saturated heterocycles. The molecular weight excluding hydrogens is 200 g/mol. The zero-order valence-corrected chi connectivity index (χ0v) is 9.30. The molecule has 1 N–H and O–H groups in total. The minimum Gasteiger partial charge on any atom is -0.329 e. The number of halogens is 1. The Morgan fingerprint density at radius 2 is 2.29 bits per heavy atom. The van der Waals surface area contributed by atoms with E-state index in [-0.39, 0.29) is 0 Å². The fraction of sp³-hybridized carbons (Fsp3) is 0.889. The van der Waals surface area contributed by atoms with Crippen molar-refractivity contribution in [1.82, 2.24) is 15.2 Å². The quantitative estimate of drug-likeness (QED) is 0.669. The van der Waals surface area contributed by atoms with Crippen molar-refractivity contribution in [3.63, 3.8) is 0 Å². The molecule has 80 valence electrons. The van der Waals surface area contributed by atoms with Gasteiger partial charge in [-0.1, -0.05) is 6.42 Å². The van der Waals surface area contributed by atoms with Crippen LogP contribution in [-0.2, 0) is 0 Å². The minimum absolute atomic E-state index is 0.371. The lowest BCUT2D eigenvalue weighted by Crippen LogP contribution is -2.43. The van der Waals surface area contributed by atoms with Gasteiger partial charge in [0.2, 0.25) is 5.29 Å². The first-order valence-electron chi connectivity index (χ1n) is 5.22. The van der Waals surface area contributed by atoms with Crippen molar-refractivity contribution in [2.75, 3.05) is 20.3 Å². The van der Waals surface area contributed by atoms with E-state index in [0.29, 0.717) is 11.5 Å². The van der Waals surface area contributed by atoms with E-state index in [1.807, 2.05) is 17.0 Å². The first-order valence-corrected chi connectivity index (χ1v) is 5.60. The van der Waals surface area contributed by atoms with Gasteiger partial charge in [-0.05, 0) is 37.4 Å². The molecule has 0 spiro atoms. The maximum absolute atomic E-state index is 5.92. The number of nitrogens with one attached hydrogen (secondary N) is 1. The SMILES string of the molecule is CN1CN(C2CCCCCN2)N=C1Cl. The second-order valence-electron chi connectivity index (χ2n) is 3.97. The van der Waals surface area contributed by atoms with Crippen molar-refractivity contribution in [2.45, 2.75) is 31.8 Å². The van der Waals surface area contributed by atoms with E-state index in [2.05, 4.69) is 10.4 Å². The highest BCUT2D eigenvalue weighted by Crippen LogP contribution is 2.17. The number of hydrogen-bond acceptors (Lipinski definition) is 4.